The van der Waals surface area contributed by atoms with Gasteiger partial charge in [-0.25, -0.2) is 8.42 Å². The topological polar surface area (TPSA) is 61.1 Å². The van der Waals surface area contributed by atoms with Gasteiger partial charge in [-0.1, -0.05) is 23.5 Å². The molecule has 2 aromatic rings. The Bertz CT molecular complexity index is 661. The van der Waals surface area contributed by atoms with Crippen LogP contribution in [0.4, 0.5) is 0 Å². The zero-order valence-corrected chi connectivity index (χ0v) is 11.9. The summed E-state index contributed by atoms with van der Waals surface area (Å²) in [6.07, 6.45) is 0.345. The lowest BCUT2D eigenvalue weighted by atomic mass is 10.3. The molecule has 1 heterocycles. The van der Waals surface area contributed by atoms with Crippen LogP contribution in [-0.4, -0.2) is 18.2 Å². The molecule has 1 aromatic carbocycles. The average Bonchev–Trinajstić information content (AvgIpc) is 2.60. The maximum absolute atomic E-state index is 10.9. The van der Waals surface area contributed by atoms with Crippen molar-refractivity contribution in [1.82, 2.24) is 0 Å². The van der Waals surface area contributed by atoms with Gasteiger partial charge in [-0.05, 0) is 13.0 Å². The zero-order valence-electron chi connectivity index (χ0n) is 10.3. The molecule has 0 radical (unpaired) electrons. The molecule has 0 fully saturated rings. The summed E-state index contributed by atoms with van der Waals surface area (Å²) in [5.41, 5.74) is 1.09. The molecule has 0 spiro atoms. The van der Waals surface area contributed by atoms with Crippen LogP contribution in [0, 0.1) is 6.92 Å². The van der Waals surface area contributed by atoms with Gasteiger partial charge in [0.25, 0.3) is 0 Å². The molecule has 2 rings (SSSR count). The monoisotopic (exact) mass is 285 g/mol. The molecule has 0 bridgehead atoms. The van der Waals surface area contributed by atoms with Gasteiger partial charge in [0.1, 0.15) is 4.70 Å². The fourth-order valence-electron chi connectivity index (χ4n) is 1.88. The van der Waals surface area contributed by atoms with E-state index in [0.717, 1.165) is 10.5 Å². The van der Waals surface area contributed by atoms with Crippen molar-refractivity contribution in [2.45, 2.75) is 32.1 Å². The first-order chi connectivity index (χ1) is 8.39. The summed E-state index contributed by atoms with van der Waals surface area (Å²) in [7, 11) is -4.18. The number of nitrogens with zero attached hydrogens (tertiary/aromatic N) is 1. The molecule has 1 aromatic heterocycles. The highest BCUT2D eigenvalue weighted by Gasteiger charge is 2.19. The van der Waals surface area contributed by atoms with Crippen molar-refractivity contribution in [3.8, 4) is 0 Å². The average molecular weight is 285 g/mol. The van der Waals surface area contributed by atoms with E-state index in [-0.39, 0.29) is 0 Å². The molecule has 0 saturated heterocycles. The molecule has 0 aliphatic carbocycles. The van der Waals surface area contributed by atoms with E-state index in [1.165, 1.54) is 11.6 Å². The molecule has 0 N–H and O–H groups in total. The zero-order chi connectivity index (χ0) is 13.3. The third kappa shape index (κ3) is 2.71. The van der Waals surface area contributed by atoms with Gasteiger partial charge in [0.05, 0.1) is 15.4 Å². The number of hydrogen-bond acceptors (Lipinski definition) is 4. The maximum Gasteiger partial charge on any atom is 0.235 e. The van der Waals surface area contributed by atoms with Crippen LogP contribution in [0.3, 0.4) is 0 Å². The Kier molecular flexibility index (Phi) is 3.70. The van der Waals surface area contributed by atoms with Crippen LogP contribution in [0.25, 0.3) is 10.2 Å². The molecular formula is C12H15NO3S2. The summed E-state index contributed by atoms with van der Waals surface area (Å²) in [6, 6.07) is 7.98. The van der Waals surface area contributed by atoms with Crippen LogP contribution >= 0.6 is 11.3 Å². The van der Waals surface area contributed by atoms with E-state index >= 15 is 0 Å². The largest absolute Gasteiger partial charge is 0.748 e. The Hall–Kier alpha value is -0.980. The van der Waals surface area contributed by atoms with Crippen molar-refractivity contribution in [2.75, 3.05) is 0 Å². The van der Waals surface area contributed by atoms with Gasteiger partial charge in [-0.2, -0.15) is 4.57 Å². The minimum atomic E-state index is -4.18. The minimum Gasteiger partial charge on any atom is -0.748 e. The summed E-state index contributed by atoms with van der Waals surface area (Å²) in [6.45, 7) is 4.02. The van der Waals surface area contributed by atoms with E-state index in [1.807, 2.05) is 31.2 Å². The number of aryl methyl sites for hydroxylation is 2. The van der Waals surface area contributed by atoms with Crippen molar-refractivity contribution < 1.29 is 17.5 Å². The van der Waals surface area contributed by atoms with Gasteiger partial charge in [-0.3, -0.25) is 0 Å². The first-order valence-electron chi connectivity index (χ1n) is 5.72. The summed E-state index contributed by atoms with van der Waals surface area (Å²) in [5, 5.41) is 0.273. The molecule has 18 heavy (non-hydrogen) atoms. The lowest BCUT2D eigenvalue weighted by molar-refractivity contribution is -0.673. The lowest BCUT2D eigenvalue weighted by Gasteiger charge is -2.13. The molecule has 4 nitrogen and oxygen atoms in total. The predicted octanol–water partition coefficient (Wildman–Crippen LogP) is 1.82. The van der Waals surface area contributed by atoms with Crippen LogP contribution in [0.2, 0.25) is 0 Å². The maximum atomic E-state index is 10.9. The third-order valence-corrected chi connectivity index (χ3v) is 5.35. The van der Waals surface area contributed by atoms with Crippen LogP contribution in [0.1, 0.15) is 18.4 Å². The summed E-state index contributed by atoms with van der Waals surface area (Å²) in [5.74, 6) is 0. The Balaban J connectivity index is 2.25. The van der Waals surface area contributed by atoms with E-state index in [4.69, 9.17) is 0 Å². The molecule has 0 amide bonds. The van der Waals surface area contributed by atoms with Gasteiger partial charge in [-0.15, -0.1) is 0 Å². The molecule has 0 aliphatic rings. The number of para-hydroxylation sites is 1. The number of benzene rings is 1. The van der Waals surface area contributed by atoms with Gasteiger partial charge >= 0.3 is 0 Å². The Morgan fingerprint density at radius 2 is 2.06 bits per heavy atom. The number of fused-ring (bicyclic) bond motifs is 1. The number of aromatic nitrogens is 1. The lowest BCUT2D eigenvalue weighted by Crippen LogP contribution is -2.37. The van der Waals surface area contributed by atoms with Crippen molar-refractivity contribution >= 4 is 31.7 Å². The SMILES string of the molecule is Cc1sc2ccccc2[n+]1CC[C@@H](C)S(=O)(=O)[O-]. The predicted molar refractivity (Wildman–Crippen MR) is 70.5 cm³/mol. The highest BCUT2D eigenvalue weighted by Crippen LogP contribution is 2.19. The molecule has 1 atom stereocenters. The van der Waals surface area contributed by atoms with Crippen molar-refractivity contribution in [3.05, 3.63) is 29.3 Å². The molecular weight excluding hydrogens is 270 g/mol. The molecule has 0 saturated carbocycles. The summed E-state index contributed by atoms with van der Waals surface area (Å²) >= 11 is 1.67. The van der Waals surface area contributed by atoms with Crippen LogP contribution in [0.5, 0.6) is 0 Å². The quantitative estimate of drug-likeness (QED) is 0.636. The normalized spacial score (nSPS) is 13.9. The van der Waals surface area contributed by atoms with Crippen LogP contribution in [0.15, 0.2) is 24.3 Å². The van der Waals surface area contributed by atoms with E-state index < -0.39 is 15.4 Å². The van der Waals surface area contributed by atoms with E-state index in [9.17, 15) is 13.0 Å². The highest BCUT2D eigenvalue weighted by molar-refractivity contribution is 7.86. The standard InChI is InChI=1S/C12H15NO3S2/c1-9(18(14,15)16)7-8-13-10(2)17-12-6-4-3-5-11(12)13/h3-6,9H,7-8H2,1-2H3/t9-/m1/s1. The summed E-state index contributed by atoms with van der Waals surface area (Å²) < 4.78 is 35.9. The van der Waals surface area contributed by atoms with Gasteiger partial charge < -0.3 is 4.55 Å². The molecule has 0 aliphatic heterocycles. The number of thiazole rings is 1. The van der Waals surface area contributed by atoms with E-state index in [1.54, 1.807) is 11.3 Å². The van der Waals surface area contributed by atoms with Crippen molar-refractivity contribution in [2.24, 2.45) is 0 Å². The molecule has 0 unspecified atom stereocenters. The Morgan fingerprint density at radius 1 is 1.39 bits per heavy atom. The number of rotatable bonds is 4. The summed E-state index contributed by atoms with van der Waals surface area (Å²) in [4.78, 5) is 0. The highest BCUT2D eigenvalue weighted by atomic mass is 32.2. The fourth-order valence-corrected chi connectivity index (χ4v) is 3.33. The number of hydrogen-bond donors (Lipinski definition) is 0. The third-order valence-electron chi connectivity index (χ3n) is 3.05. The Morgan fingerprint density at radius 3 is 2.72 bits per heavy atom. The second-order valence-electron chi connectivity index (χ2n) is 4.33. The first kappa shape index (κ1) is 13.5. The fraction of sp³-hybridized carbons (Fsp3) is 0.417. The smallest absolute Gasteiger partial charge is 0.235 e. The minimum absolute atomic E-state index is 0.345. The molecule has 98 valence electrons. The van der Waals surface area contributed by atoms with Crippen molar-refractivity contribution in [3.63, 3.8) is 0 Å². The second kappa shape index (κ2) is 4.95. The van der Waals surface area contributed by atoms with Gasteiger partial charge in [0, 0.05) is 19.4 Å². The van der Waals surface area contributed by atoms with E-state index in [2.05, 4.69) is 4.57 Å². The van der Waals surface area contributed by atoms with E-state index in [0.29, 0.717) is 13.0 Å². The van der Waals surface area contributed by atoms with Crippen molar-refractivity contribution in [1.29, 1.82) is 0 Å². The first-order valence-corrected chi connectivity index (χ1v) is 8.01. The molecule has 6 heteroatoms. The van der Waals surface area contributed by atoms with Gasteiger partial charge in [0.2, 0.25) is 10.5 Å². The van der Waals surface area contributed by atoms with Gasteiger partial charge in [0.15, 0.2) is 6.54 Å². The Labute approximate surface area is 111 Å². The van der Waals surface area contributed by atoms with Crippen LogP contribution < -0.4 is 4.57 Å². The van der Waals surface area contributed by atoms with Crippen LogP contribution in [-0.2, 0) is 16.7 Å². The second-order valence-corrected chi connectivity index (χ2v) is 7.36.